The SMILES string of the molecule is Cc1cc(S(=O)(=O)NC2(C)CC2)ccc1N. The first-order valence-corrected chi connectivity index (χ1v) is 6.71. The van der Waals surface area contributed by atoms with Crippen LogP contribution in [0.4, 0.5) is 5.69 Å². The number of nitrogens with two attached hydrogens (primary N) is 1. The molecular formula is C11H16N2O2S. The van der Waals surface area contributed by atoms with E-state index in [-0.39, 0.29) is 10.4 Å². The van der Waals surface area contributed by atoms with Gasteiger partial charge >= 0.3 is 0 Å². The lowest BCUT2D eigenvalue weighted by atomic mass is 10.2. The van der Waals surface area contributed by atoms with Crippen LogP contribution in [0.15, 0.2) is 23.1 Å². The third-order valence-electron chi connectivity index (χ3n) is 2.93. The van der Waals surface area contributed by atoms with Crippen LogP contribution in [0.3, 0.4) is 0 Å². The molecule has 0 spiro atoms. The first-order valence-electron chi connectivity index (χ1n) is 5.23. The summed E-state index contributed by atoms with van der Waals surface area (Å²) in [4.78, 5) is 0.285. The third kappa shape index (κ3) is 2.20. The third-order valence-corrected chi connectivity index (χ3v) is 4.57. The minimum atomic E-state index is -3.40. The molecule has 0 amide bonds. The van der Waals surface area contributed by atoms with E-state index >= 15 is 0 Å². The summed E-state index contributed by atoms with van der Waals surface area (Å²) >= 11 is 0. The van der Waals surface area contributed by atoms with Crippen LogP contribution in [0, 0.1) is 6.92 Å². The molecule has 0 radical (unpaired) electrons. The van der Waals surface area contributed by atoms with Crippen molar-refractivity contribution in [2.24, 2.45) is 0 Å². The van der Waals surface area contributed by atoms with E-state index in [1.54, 1.807) is 19.1 Å². The lowest BCUT2D eigenvalue weighted by Crippen LogP contribution is -2.34. The number of hydrogen-bond donors (Lipinski definition) is 2. The van der Waals surface area contributed by atoms with Gasteiger partial charge in [-0.1, -0.05) is 0 Å². The van der Waals surface area contributed by atoms with Gasteiger partial charge in [0.25, 0.3) is 0 Å². The molecule has 0 heterocycles. The molecule has 1 aromatic carbocycles. The Hall–Kier alpha value is -1.07. The molecule has 0 aromatic heterocycles. The molecule has 2 rings (SSSR count). The van der Waals surface area contributed by atoms with Crippen molar-refractivity contribution in [3.05, 3.63) is 23.8 Å². The minimum Gasteiger partial charge on any atom is -0.399 e. The molecule has 0 unspecified atom stereocenters. The molecule has 5 heteroatoms. The Bertz CT molecular complexity index is 519. The fraction of sp³-hybridized carbons (Fsp3) is 0.455. The average molecular weight is 240 g/mol. The van der Waals surface area contributed by atoms with E-state index < -0.39 is 10.0 Å². The maximum Gasteiger partial charge on any atom is 0.241 e. The zero-order chi connectivity index (χ0) is 12.0. The van der Waals surface area contributed by atoms with Gasteiger partial charge in [-0.3, -0.25) is 0 Å². The van der Waals surface area contributed by atoms with Gasteiger partial charge in [-0.05, 0) is 50.5 Å². The van der Waals surface area contributed by atoms with Gasteiger partial charge in [0.15, 0.2) is 0 Å². The molecule has 0 atom stereocenters. The van der Waals surface area contributed by atoms with E-state index in [0.717, 1.165) is 18.4 Å². The average Bonchev–Trinajstić information content (AvgIpc) is 2.86. The first-order chi connectivity index (χ1) is 7.32. The minimum absolute atomic E-state index is 0.242. The second kappa shape index (κ2) is 3.46. The van der Waals surface area contributed by atoms with Crippen LogP contribution < -0.4 is 10.5 Å². The quantitative estimate of drug-likeness (QED) is 0.785. The number of anilines is 1. The van der Waals surface area contributed by atoms with Crippen molar-refractivity contribution >= 4 is 15.7 Å². The summed E-state index contributed by atoms with van der Waals surface area (Å²) in [6.07, 6.45) is 1.81. The zero-order valence-corrected chi connectivity index (χ0v) is 10.3. The number of aryl methyl sites for hydroxylation is 1. The van der Waals surface area contributed by atoms with Crippen LogP contribution >= 0.6 is 0 Å². The van der Waals surface area contributed by atoms with E-state index in [0.29, 0.717) is 5.69 Å². The number of rotatable bonds is 3. The molecule has 1 fully saturated rings. The normalized spacial score (nSPS) is 18.4. The second-order valence-electron chi connectivity index (χ2n) is 4.68. The lowest BCUT2D eigenvalue weighted by Gasteiger charge is -2.12. The summed E-state index contributed by atoms with van der Waals surface area (Å²) in [7, 11) is -3.40. The highest BCUT2D eigenvalue weighted by molar-refractivity contribution is 7.89. The molecule has 0 saturated heterocycles. The fourth-order valence-corrected chi connectivity index (χ4v) is 3.04. The highest BCUT2D eigenvalue weighted by Gasteiger charge is 2.41. The molecule has 16 heavy (non-hydrogen) atoms. The van der Waals surface area contributed by atoms with Gasteiger partial charge in [0.2, 0.25) is 10.0 Å². The lowest BCUT2D eigenvalue weighted by molar-refractivity contribution is 0.558. The van der Waals surface area contributed by atoms with E-state index in [1.165, 1.54) is 6.07 Å². The van der Waals surface area contributed by atoms with Crippen LogP contribution in [-0.4, -0.2) is 14.0 Å². The van der Waals surface area contributed by atoms with Crippen molar-refractivity contribution in [3.8, 4) is 0 Å². The largest absolute Gasteiger partial charge is 0.399 e. The van der Waals surface area contributed by atoms with Crippen molar-refractivity contribution in [3.63, 3.8) is 0 Å². The Morgan fingerprint density at radius 1 is 1.38 bits per heavy atom. The van der Waals surface area contributed by atoms with Crippen LogP contribution in [0.25, 0.3) is 0 Å². The highest BCUT2D eigenvalue weighted by Crippen LogP contribution is 2.36. The van der Waals surface area contributed by atoms with E-state index in [9.17, 15) is 8.42 Å². The summed E-state index contributed by atoms with van der Waals surface area (Å²) in [6.45, 7) is 3.71. The Morgan fingerprint density at radius 2 is 2.00 bits per heavy atom. The number of nitrogen functional groups attached to an aromatic ring is 1. The predicted molar refractivity (Wildman–Crippen MR) is 63.6 cm³/mol. The summed E-state index contributed by atoms with van der Waals surface area (Å²) in [5, 5.41) is 0. The standard InChI is InChI=1S/C11H16N2O2S/c1-8-7-9(3-4-10(8)12)16(14,15)13-11(2)5-6-11/h3-4,7,13H,5-6,12H2,1-2H3. The molecule has 88 valence electrons. The fourth-order valence-electron chi connectivity index (χ4n) is 1.49. The topological polar surface area (TPSA) is 72.2 Å². The maximum atomic E-state index is 12.0. The van der Waals surface area contributed by atoms with Crippen LogP contribution in [0.2, 0.25) is 0 Å². The van der Waals surface area contributed by atoms with Gasteiger partial charge in [0, 0.05) is 11.2 Å². The summed E-state index contributed by atoms with van der Waals surface area (Å²) in [5.41, 5.74) is 6.80. The first kappa shape index (κ1) is 11.4. The molecule has 0 aliphatic heterocycles. The van der Waals surface area contributed by atoms with Crippen molar-refractivity contribution in [1.82, 2.24) is 4.72 Å². The summed E-state index contributed by atoms with van der Waals surface area (Å²) < 4.78 is 26.7. The Balaban J connectivity index is 2.32. The number of hydrogen-bond acceptors (Lipinski definition) is 3. The number of sulfonamides is 1. The molecule has 4 nitrogen and oxygen atoms in total. The number of benzene rings is 1. The highest BCUT2D eigenvalue weighted by atomic mass is 32.2. The van der Waals surface area contributed by atoms with Gasteiger partial charge in [0.1, 0.15) is 0 Å². The molecular weight excluding hydrogens is 224 g/mol. The van der Waals surface area contributed by atoms with Gasteiger partial charge in [-0.2, -0.15) is 0 Å². The van der Waals surface area contributed by atoms with E-state index in [4.69, 9.17) is 5.73 Å². The van der Waals surface area contributed by atoms with Crippen molar-refractivity contribution in [2.75, 3.05) is 5.73 Å². The monoisotopic (exact) mass is 240 g/mol. The van der Waals surface area contributed by atoms with Gasteiger partial charge < -0.3 is 5.73 Å². The summed E-state index contributed by atoms with van der Waals surface area (Å²) in [6, 6.07) is 4.76. The van der Waals surface area contributed by atoms with Crippen molar-refractivity contribution in [2.45, 2.75) is 37.1 Å². The van der Waals surface area contributed by atoms with Gasteiger partial charge in [-0.15, -0.1) is 0 Å². The maximum absolute atomic E-state index is 12.0. The molecule has 1 saturated carbocycles. The van der Waals surface area contributed by atoms with Crippen LogP contribution in [0.5, 0.6) is 0 Å². The van der Waals surface area contributed by atoms with E-state index in [2.05, 4.69) is 4.72 Å². The van der Waals surface area contributed by atoms with E-state index in [1.807, 2.05) is 6.92 Å². The smallest absolute Gasteiger partial charge is 0.241 e. The van der Waals surface area contributed by atoms with Crippen molar-refractivity contribution in [1.29, 1.82) is 0 Å². The van der Waals surface area contributed by atoms with Crippen LogP contribution in [-0.2, 0) is 10.0 Å². The van der Waals surface area contributed by atoms with Gasteiger partial charge in [-0.25, -0.2) is 13.1 Å². The molecule has 0 bridgehead atoms. The molecule has 1 aliphatic rings. The molecule has 1 aromatic rings. The zero-order valence-electron chi connectivity index (χ0n) is 9.45. The number of nitrogens with one attached hydrogen (secondary N) is 1. The molecule has 3 N–H and O–H groups in total. The predicted octanol–water partition coefficient (Wildman–Crippen LogP) is 1.41. The Morgan fingerprint density at radius 3 is 2.50 bits per heavy atom. The Labute approximate surface area is 95.9 Å². The Kier molecular flexibility index (Phi) is 2.47. The summed E-state index contributed by atoms with van der Waals surface area (Å²) in [5.74, 6) is 0. The van der Waals surface area contributed by atoms with Gasteiger partial charge in [0.05, 0.1) is 4.90 Å². The van der Waals surface area contributed by atoms with Crippen molar-refractivity contribution < 1.29 is 8.42 Å². The second-order valence-corrected chi connectivity index (χ2v) is 6.37. The molecule has 1 aliphatic carbocycles. The van der Waals surface area contributed by atoms with Crippen LogP contribution in [0.1, 0.15) is 25.3 Å².